The molecule has 0 spiro atoms. The molecule has 0 saturated carbocycles. The topological polar surface area (TPSA) is 66.9 Å². The van der Waals surface area contributed by atoms with Gasteiger partial charge in [0.1, 0.15) is 5.75 Å². The van der Waals surface area contributed by atoms with Crippen molar-refractivity contribution in [2.24, 2.45) is 5.92 Å². The first-order valence-corrected chi connectivity index (χ1v) is 12.3. The van der Waals surface area contributed by atoms with Crippen molar-refractivity contribution >= 4 is 21.6 Å². The van der Waals surface area contributed by atoms with E-state index < -0.39 is 10.0 Å². The van der Waals surface area contributed by atoms with Crippen LogP contribution >= 0.6 is 0 Å². The fourth-order valence-corrected chi connectivity index (χ4v) is 6.13. The standard InChI is InChI=1S/C24H30N2O4S/c1-17-6-9-20(10-7-17)31(28,29)25-15-12-19(13-16-25)24(27)26-14-4-5-21-18(2)8-11-22(30-3)23(21)26/h6-11,19H,4-5,12-16H2,1-3H3. The Bertz CT molecular complexity index is 1070. The van der Waals surface area contributed by atoms with Crippen molar-refractivity contribution in [3.8, 4) is 5.75 Å². The summed E-state index contributed by atoms with van der Waals surface area (Å²) in [6.45, 7) is 5.40. The van der Waals surface area contributed by atoms with Crippen LogP contribution in [0.5, 0.6) is 5.75 Å². The highest BCUT2D eigenvalue weighted by Crippen LogP contribution is 2.39. The highest BCUT2D eigenvalue weighted by Gasteiger charge is 2.36. The third-order valence-corrected chi connectivity index (χ3v) is 8.42. The molecule has 166 valence electrons. The van der Waals surface area contributed by atoms with Crippen LogP contribution in [0, 0.1) is 19.8 Å². The highest BCUT2D eigenvalue weighted by atomic mass is 32.2. The molecule has 2 heterocycles. The van der Waals surface area contributed by atoms with E-state index in [0.717, 1.165) is 29.8 Å². The van der Waals surface area contributed by atoms with Crippen molar-refractivity contribution in [3.63, 3.8) is 0 Å². The fourth-order valence-electron chi connectivity index (χ4n) is 4.66. The van der Waals surface area contributed by atoms with E-state index in [2.05, 4.69) is 6.92 Å². The van der Waals surface area contributed by atoms with Crippen LogP contribution in [-0.2, 0) is 21.2 Å². The number of methoxy groups -OCH3 is 1. The Morgan fingerprint density at radius 1 is 1.00 bits per heavy atom. The molecule has 1 amide bonds. The molecule has 31 heavy (non-hydrogen) atoms. The number of benzene rings is 2. The number of aryl methyl sites for hydroxylation is 2. The summed E-state index contributed by atoms with van der Waals surface area (Å²) >= 11 is 0. The second-order valence-corrected chi connectivity index (χ2v) is 10.4. The summed E-state index contributed by atoms with van der Waals surface area (Å²) in [5.41, 5.74) is 4.27. The summed E-state index contributed by atoms with van der Waals surface area (Å²) in [5.74, 6) is 0.630. The van der Waals surface area contributed by atoms with Crippen LogP contribution in [-0.4, -0.2) is 45.4 Å². The number of piperidine rings is 1. The number of rotatable bonds is 4. The number of carbonyl (C=O) groups excluding carboxylic acids is 1. The average Bonchev–Trinajstić information content (AvgIpc) is 2.79. The number of sulfonamides is 1. The van der Waals surface area contributed by atoms with E-state index in [-0.39, 0.29) is 11.8 Å². The number of hydrogen-bond donors (Lipinski definition) is 0. The number of hydrogen-bond acceptors (Lipinski definition) is 4. The predicted octanol–water partition coefficient (Wildman–Crippen LogP) is 3.69. The van der Waals surface area contributed by atoms with Crippen molar-refractivity contribution < 1.29 is 17.9 Å². The lowest BCUT2D eigenvalue weighted by atomic mass is 9.92. The van der Waals surface area contributed by atoms with Crippen LogP contribution < -0.4 is 9.64 Å². The van der Waals surface area contributed by atoms with Gasteiger partial charge in [0.2, 0.25) is 15.9 Å². The molecule has 0 bridgehead atoms. The molecule has 0 atom stereocenters. The minimum Gasteiger partial charge on any atom is -0.495 e. The number of ether oxygens (including phenoxy) is 1. The maximum Gasteiger partial charge on any atom is 0.243 e. The second-order valence-electron chi connectivity index (χ2n) is 8.50. The molecule has 2 aliphatic rings. The minimum atomic E-state index is -3.53. The lowest BCUT2D eigenvalue weighted by Gasteiger charge is -2.37. The molecule has 2 aromatic carbocycles. The fraction of sp³-hybridized carbons (Fsp3) is 0.458. The van der Waals surface area contributed by atoms with Crippen LogP contribution in [0.2, 0.25) is 0 Å². The Labute approximate surface area is 184 Å². The van der Waals surface area contributed by atoms with Gasteiger partial charge in [-0.2, -0.15) is 4.31 Å². The number of carbonyl (C=O) groups is 1. The number of fused-ring (bicyclic) bond motifs is 1. The zero-order valence-electron chi connectivity index (χ0n) is 18.4. The van der Waals surface area contributed by atoms with Gasteiger partial charge in [0.05, 0.1) is 17.7 Å². The summed E-state index contributed by atoms with van der Waals surface area (Å²) in [6.07, 6.45) is 2.93. The molecule has 0 aromatic heterocycles. The third kappa shape index (κ3) is 4.08. The SMILES string of the molecule is COc1ccc(C)c2c1N(C(=O)C1CCN(S(=O)(=O)c3ccc(C)cc3)CC1)CCC2. The first-order chi connectivity index (χ1) is 14.8. The molecule has 0 radical (unpaired) electrons. The van der Waals surface area contributed by atoms with Crippen LogP contribution in [0.25, 0.3) is 0 Å². The zero-order valence-corrected chi connectivity index (χ0v) is 19.2. The van der Waals surface area contributed by atoms with E-state index in [1.807, 2.05) is 36.1 Å². The highest BCUT2D eigenvalue weighted by molar-refractivity contribution is 7.89. The lowest BCUT2D eigenvalue weighted by Crippen LogP contribution is -2.46. The normalized spacial score (nSPS) is 18.0. The van der Waals surface area contributed by atoms with Crippen molar-refractivity contribution in [2.45, 2.75) is 44.4 Å². The van der Waals surface area contributed by atoms with Gasteiger partial charge in [0.15, 0.2) is 0 Å². The Balaban J connectivity index is 1.50. The first kappa shape index (κ1) is 21.8. The molecule has 0 aliphatic carbocycles. The molecule has 0 unspecified atom stereocenters. The number of anilines is 1. The molecule has 0 N–H and O–H groups in total. The van der Waals surface area contributed by atoms with Gasteiger partial charge in [-0.1, -0.05) is 23.8 Å². The summed E-state index contributed by atoms with van der Waals surface area (Å²) in [4.78, 5) is 15.6. The summed E-state index contributed by atoms with van der Waals surface area (Å²) < 4.78 is 33.0. The molecule has 1 saturated heterocycles. The lowest BCUT2D eigenvalue weighted by molar-refractivity contribution is -0.123. The molecule has 1 fully saturated rings. The smallest absolute Gasteiger partial charge is 0.243 e. The van der Waals surface area contributed by atoms with Gasteiger partial charge in [-0.25, -0.2) is 8.42 Å². The van der Waals surface area contributed by atoms with Gasteiger partial charge in [-0.15, -0.1) is 0 Å². The summed E-state index contributed by atoms with van der Waals surface area (Å²) in [5, 5.41) is 0. The maximum atomic E-state index is 13.5. The van der Waals surface area contributed by atoms with E-state index in [9.17, 15) is 13.2 Å². The van der Waals surface area contributed by atoms with Crippen LogP contribution in [0.1, 0.15) is 36.0 Å². The minimum absolute atomic E-state index is 0.0808. The van der Waals surface area contributed by atoms with E-state index >= 15 is 0 Å². The molecule has 7 heteroatoms. The maximum absolute atomic E-state index is 13.5. The van der Waals surface area contributed by atoms with E-state index in [4.69, 9.17) is 4.74 Å². The first-order valence-electron chi connectivity index (χ1n) is 10.9. The van der Waals surface area contributed by atoms with Crippen molar-refractivity contribution in [1.29, 1.82) is 0 Å². The molecule has 4 rings (SSSR count). The predicted molar refractivity (Wildman–Crippen MR) is 121 cm³/mol. The largest absolute Gasteiger partial charge is 0.495 e. The van der Waals surface area contributed by atoms with Crippen LogP contribution in [0.4, 0.5) is 5.69 Å². The van der Waals surface area contributed by atoms with Gasteiger partial charge < -0.3 is 9.64 Å². The van der Waals surface area contributed by atoms with Crippen LogP contribution in [0.15, 0.2) is 41.3 Å². The average molecular weight is 443 g/mol. The van der Waals surface area contributed by atoms with Gasteiger partial charge >= 0.3 is 0 Å². The Morgan fingerprint density at radius 3 is 2.32 bits per heavy atom. The zero-order chi connectivity index (χ0) is 22.2. The molecule has 2 aromatic rings. The van der Waals surface area contributed by atoms with E-state index in [0.29, 0.717) is 37.4 Å². The monoisotopic (exact) mass is 442 g/mol. The quantitative estimate of drug-likeness (QED) is 0.724. The third-order valence-electron chi connectivity index (χ3n) is 6.51. The second kappa shape index (κ2) is 8.63. The molecule has 2 aliphatic heterocycles. The molecular weight excluding hydrogens is 412 g/mol. The Hall–Kier alpha value is -2.38. The van der Waals surface area contributed by atoms with Crippen molar-refractivity contribution in [3.05, 3.63) is 53.1 Å². The van der Waals surface area contributed by atoms with Gasteiger partial charge in [0, 0.05) is 25.6 Å². The Morgan fingerprint density at radius 2 is 1.68 bits per heavy atom. The van der Waals surface area contributed by atoms with E-state index in [1.54, 1.807) is 19.2 Å². The van der Waals surface area contributed by atoms with Crippen LogP contribution in [0.3, 0.4) is 0 Å². The molecule has 6 nitrogen and oxygen atoms in total. The van der Waals surface area contributed by atoms with E-state index in [1.165, 1.54) is 15.4 Å². The molecular formula is C24H30N2O4S. The van der Waals surface area contributed by atoms with Gasteiger partial charge in [-0.05, 0) is 68.9 Å². The van der Waals surface area contributed by atoms with Gasteiger partial charge in [0.25, 0.3) is 0 Å². The Kier molecular flexibility index (Phi) is 6.08. The summed E-state index contributed by atoms with van der Waals surface area (Å²) in [6, 6.07) is 10.9. The van der Waals surface area contributed by atoms with Crippen molar-refractivity contribution in [2.75, 3.05) is 31.6 Å². The number of nitrogens with zero attached hydrogens (tertiary/aromatic N) is 2. The summed E-state index contributed by atoms with van der Waals surface area (Å²) in [7, 11) is -1.89. The van der Waals surface area contributed by atoms with Gasteiger partial charge in [-0.3, -0.25) is 4.79 Å². The van der Waals surface area contributed by atoms with Crippen molar-refractivity contribution in [1.82, 2.24) is 4.31 Å². The number of amides is 1.